The highest BCUT2D eigenvalue weighted by Gasteiger charge is 2.13. The fourth-order valence-corrected chi connectivity index (χ4v) is 1.81. The Kier molecular flexibility index (Phi) is 4.84. The van der Waals surface area contributed by atoms with Gasteiger partial charge >= 0.3 is 5.97 Å². The average molecular weight is 275 g/mol. The van der Waals surface area contributed by atoms with Crippen LogP contribution in [0, 0.1) is 0 Å². The molecule has 0 aliphatic rings. The summed E-state index contributed by atoms with van der Waals surface area (Å²) in [7, 11) is 1.36. The number of carbonyl (C=O) groups excluding carboxylic acids is 1. The second-order valence-corrected chi connectivity index (χ2v) is 4.11. The van der Waals surface area contributed by atoms with Crippen LogP contribution >= 0.6 is 0 Å². The lowest BCUT2D eigenvalue weighted by atomic mass is 10.2. The van der Waals surface area contributed by atoms with Crippen molar-refractivity contribution in [3.05, 3.63) is 41.7 Å². The molecule has 0 amide bonds. The number of benzene rings is 1. The van der Waals surface area contributed by atoms with Crippen molar-refractivity contribution in [2.45, 2.75) is 13.3 Å². The number of hydrogen-bond donors (Lipinski definition) is 0. The van der Waals surface area contributed by atoms with E-state index in [0.717, 1.165) is 5.69 Å². The average Bonchev–Trinajstić information content (AvgIpc) is 2.95. The summed E-state index contributed by atoms with van der Waals surface area (Å²) in [4.78, 5) is 11.7. The molecule has 0 radical (unpaired) electrons. The third-order valence-corrected chi connectivity index (χ3v) is 2.80. The van der Waals surface area contributed by atoms with Gasteiger partial charge in [0.2, 0.25) is 0 Å². The number of para-hydroxylation sites is 1. The Morgan fingerprint density at radius 1 is 1.35 bits per heavy atom. The summed E-state index contributed by atoms with van der Waals surface area (Å²) in [5.41, 5.74) is 1.92. The predicted octanol–water partition coefficient (Wildman–Crippen LogP) is 1.63. The van der Waals surface area contributed by atoms with Gasteiger partial charge in [-0.05, 0) is 19.1 Å². The number of ether oxygens (including phenoxy) is 2. The summed E-state index contributed by atoms with van der Waals surface area (Å²) >= 11 is 0. The minimum atomic E-state index is -0.396. The Morgan fingerprint density at radius 2 is 2.15 bits per heavy atom. The molecule has 1 heterocycles. The van der Waals surface area contributed by atoms with Crippen molar-refractivity contribution >= 4 is 5.97 Å². The van der Waals surface area contributed by atoms with Gasteiger partial charge in [-0.2, -0.15) is 0 Å². The lowest BCUT2D eigenvalue weighted by molar-refractivity contribution is 0.0600. The summed E-state index contributed by atoms with van der Waals surface area (Å²) in [6, 6.07) is 7.11. The Balaban J connectivity index is 2.21. The van der Waals surface area contributed by atoms with E-state index in [9.17, 15) is 4.79 Å². The maximum Gasteiger partial charge on any atom is 0.340 e. The number of esters is 1. The highest BCUT2D eigenvalue weighted by atomic mass is 16.5. The zero-order valence-corrected chi connectivity index (χ0v) is 11.6. The number of nitrogens with zero attached hydrogens (tertiary/aromatic N) is 3. The molecule has 0 aliphatic heterocycles. The highest BCUT2D eigenvalue weighted by Crippen LogP contribution is 2.14. The van der Waals surface area contributed by atoms with Gasteiger partial charge < -0.3 is 9.47 Å². The van der Waals surface area contributed by atoms with Gasteiger partial charge in [0.05, 0.1) is 36.9 Å². The van der Waals surface area contributed by atoms with E-state index in [2.05, 4.69) is 10.3 Å². The molecule has 20 heavy (non-hydrogen) atoms. The van der Waals surface area contributed by atoms with E-state index in [4.69, 9.17) is 9.47 Å². The quantitative estimate of drug-likeness (QED) is 0.592. The Bertz CT molecular complexity index is 581. The van der Waals surface area contributed by atoms with E-state index in [-0.39, 0.29) is 0 Å². The van der Waals surface area contributed by atoms with Gasteiger partial charge in [0.1, 0.15) is 0 Å². The minimum Gasteiger partial charge on any atom is -0.465 e. The smallest absolute Gasteiger partial charge is 0.340 e. The molecule has 0 saturated heterocycles. The Morgan fingerprint density at radius 3 is 2.90 bits per heavy atom. The number of hydrogen-bond acceptors (Lipinski definition) is 5. The van der Waals surface area contributed by atoms with Crippen LogP contribution in [0.1, 0.15) is 23.0 Å². The van der Waals surface area contributed by atoms with Crippen LogP contribution in [0.5, 0.6) is 0 Å². The summed E-state index contributed by atoms with van der Waals surface area (Å²) in [5.74, 6) is -0.396. The lowest BCUT2D eigenvalue weighted by Crippen LogP contribution is -2.08. The zero-order chi connectivity index (χ0) is 14.4. The van der Waals surface area contributed by atoms with Gasteiger partial charge in [-0.3, -0.25) is 0 Å². The molecular weight excluding hydrogens is 258 g/mol. The molecule has 0 atom stereocenters. The molecule has 2 aromatic rings. The molecule has 6 nitrogen and oxygen atoms in total. The first-order valence-electron chi connectivity index (χ1n) is 6.43. The standard InChI is InChI=1S/C14H17N3O3/c1-3-20-9-8-11-10-17(16-15-11)13-7-5-4-6-12(13)14(18)19-2/h4-7,10H,3,8-9H2,1-2H3. The van der Waals surface area contributed by atoms with Gasteiger partial charge in [0.15, 0.2) is 0 Å². The fourth-order valence-electron chi connectivity index (χ4n) is 1.81. The first kappa shape index (κ1) is 14.2. The van der Waals surface area contributed by atoms with Gasteiger partial charge in [-0.1, -0.05) is 17.3 Å². The van der Waals surface area contributed by atoms with E-state index in [1.807, 2.05) is 13.0 Å². The van der Waals surface area contributed by atoms with Crippen LogP contribution < -0.4 is 0 Å². The molecule has 0 unspecified atom stereocenters. The SMILES string of the molecule is CCOCCc1cn(-c2ccccc2C(=O)OC)nn1. The largest absolute Gasteiger partial charge is 0.465 e. The van der Waals surface area contributed by atoms with E-state index in [0.29, 0.717) is 30.9 Å². The zero-order valence-electron chi connectivity index (χ0n) is 11.6. The van der Waals surface area contributed by atoms with Crippen molar-refractivity contribution in [3.8, 4) is 5.69 Å². The van der Waals surface area contributed by atoms with E-state index >= 15 is 0 Å². The van der Waals surface area contributed by atoms with E-state index in [1.165, 1.54) is 7.11 Å². The second-order valence-electron chi connectivity index (χ2n) is 4.11. The number of carbonyl (C=O) groups is 1. The van der Waals surface area contributed by atoms with Crippen LogP contribution in [0.15, 0.2) is 30.5 Å². The van der Waals surface area contributed by atoms with Crippen molar-refractivity contribution in [3.63, 3.8) is 0 Å². The molecule has 0 fully saturated rings. The number of aromatic nitrogens is 3. The topological polar surface area (TPSA) is 66.2 Å². The van der Waals surface area contributed by atoms with Gasteiger partial charge in [-0.25, -0.2) is 9.48 Å². The van der Waals surface area contributed by atoms with Crippen molar-refractivity contribution in [2.24, 2.45) is 0 Å². The monoisotopic (exact) mass is 275 g/mol. The van der Waals surface area contributed by atoms with Crippen LogP contribution in [0.4, 0.5) is 0 Å². The molecule has 0 spiro atoms. The molecule has 2 rings (SSSR count). The van der Waals surface area contributed by atoms with Gasteiger partial charge in [0.25, 0.3) is 0 Å². The molecule has 6 heteroatoms. The van der Waals surface area contributed by atoms with E-state index < -0.39 is 5.97 Å². The third-order valence-electron chi connectivity index (χ3n) is 2.80. The molecular formula is C14H17N3O3. The lowest BCUT2D eigenvalue weighted by Gasteiger charge is -2.06. The molecule has 0 N–H and O–H groups in total. The minimum absolute atomic E-state index is 0.396. The van der Waals surface area contributed by atoms with Crippen LogP contribution in [0.2, 0.25) is 0 Å². The van der Waals surface area contributed by atoms with Crippen LogP contribution in [0.25, 0.3) is 5.69 Å². The van der Waals surface area contributed by atoms with Crippen LogP contribution in [0.3, 0.4) is 0 Å². The van der Waals surface area contributed by atoms with E-state index in [1.54, 1.807) is 29.1 Å². The summed E-state index contributed by atoms with van der Waals surface area (Å²) in [6.07, 6.45) is 2.48. The first-order chi connectivity index (χ1) is 9.76. The second kappa shape index (κ2) is 6.81. The van der Waals surface area contributed by atoms with Gasteiger partial charge in [0, 0.05) is 13.0 Å². The number of methoxy groups -OCH3 is 1. The molecule has 1 aromatic carbocycles. The predicted molar refractivity (Wildman–Crippen MR) is 72.9 cm³/mol. The molecule has 0 bridgehead atoms. The maximum atomic E-state index is 11.7. The summed E-state index contributed by atoms with van der Waals surface area (Å²) in [5, 5.41) is 8.12. The van der Waals surface area contributed by atoms with Crippen molar-refractivity contribution in [1.29, 1.82) is 0 Å². The summed E-state index contributed by atoms with van der Waals surface area (Å²) in [6.45, 7) is 3.23. The van der Waals surface area contributed by atoms with Crippen molar-refractivity contribution in [1.82, 2.24) is 15.0 Å². The molecule has 0 saturated carbocycles. The van der Waals surface area contributed by atoms with Crippen LogP contribution in [-0.4, -0.2) is 41.3 Å². The van der Waals surface area contributed by atoms with Gasteiger partial charge in [-0.15, -0.1) is 5.10 Å². The fraction of sp³-hybridized carbons (Fsp3) is 0.357. The Hall–Kier alpha value is -2.21. The maximum absolute atomic E-state index is 11.7. The van der Waals surface area contributed by atoms with Crippen molar-refractivity contribution in [2.75, 3.05) is 20.3 Å². The molecule has 1 aromatic heterocycles. The molecule has 106 valence electrons. The first-order valence-corrected chi connectivity index (χ1v) is 6.43. The number of rotatable bonds is 6. The Labute approximate surface area is 117 Å². The third kappa shape index (κ3) is 3.21. The normalized spacial score (nSPS) is 10.5. The highest BCUT2D eigenvalue weighted by molar-refractivity contribution is 5.93. The summed E-state index contributed by atoms with van der Waals surface area (Å²) < 4.78 is 11.6. The van der Waals surface area contributed by atoms with Crippen molar-refractivity contribution < 1.29 is 14.3 Å². The molecule has 0 aliphatic carbocycles. The van der Waals surface area contributed by atoms with Crippen LogP contribution in [-0.2, 0) is 15.9 Å².